The Kier molecular flexibility index (Phi) is 3.00. The van der Waals surface area contributed by atoms with Gasteiger partial charge in [0.2, 0.25) is 0 Å². The second-order valence-corrected chi connectivity index (χ2v) is 3.42. The number of hydrogen-bond acceptors (Lipinski definition) is 3. The second-order valence-electron chi connectivity index (χ2n) is 3.42. The number of rotatable bonds is 3. The molecule has 0 saturated carbocycles. The van der Waals surface area contributed by atoms with Gasteiger partial charge in [0, 0.05) is 5.69 Å². The third-order valence-corrected chi connectivity index (χ3v) is 2.31. The number of nitrogens with one attached hydrogen (secondary N) is 1. The lowest BCUT2D eigenvalue weighted by Gasteiger charge is -2.03. The number of carbonyl (C=O) groups is 1. The molecule has 0 bridgehead atoms. The Balaban J connectivity index is 2.06. The topological polar surface area (TPSA) is 55.1 Å². The van der Waals surface area contributed by atoms with Gasteiger partial charge in [-0.3, -0.25) is 4.79 Å². The van der Waals surface area contributed by atoms with Crippen LogP contribution in [0, 0.1) is 0 Å². The first-order valence-corrected chi connectivity index (χ1v) is 5.09. The van der Waals surface area contributed by atoms with Gasteiger partial charge >= 0.3 is 0 Å². The first-order chi connectivity index (χ1) is 7.79. The molecule has 0 aliphatic carbocycles. The first-order valence-electron chi connectivity index (χ1n) is 5.09. The number of benzene rings is 1. The van der Waals surface area contributed by atoms with E-state index in [9.17, 15) is 4.79 Å². The van der Waals surface area contributed by atoms with Gasteiger partial charge in [-0.25, -0.2) is 0 Å². The number of aromatic nitrogens is 1. The average Bonchev–Trinajstić information content (AvgIpc) is 2.83. The van der Waals surface area contributed by atoms with Crippen molar-refractivity contribution in [2.24, 2.45) is 0 Å². The Labute approximate surface area is 93.3 Å². The molecule has 1 amide bonds. The van der Waals surface area contributed by atoms with Gasteiger partial charge < -0.3 is 9.84 Å². The molecule has 0 aliphatic rings. The summed E-state index contributed by atoms with van der Waals surface area (Å²) >= 11 is 0. The van der Waals surface area contributed by atoms with E-state index in [0.717, 1.165) is 12.1 Å². The van der Waals surface area contributed by atoms with Gasteiger partial charge in [-0.1, -0.05) is 24.2 Å². The van der Waals surface area contributed by atoms with Gasteiger partial charge in [0.05, 0.1) is 11.8 Å². The van der Waals surface area contributed by atoms with E-state index in [4.69, 9.17) is 0 Å². The number of amides is 1. The second kappa shape index (κ2) is 4.61. The lowest BCUT2D eigenvalue weighted by Crippen LogP contribution is -2.10. The highest BCUT2D eigenvalue weighted by Crippen LogP contribution is 2.11. The van der Waals surface area contributed by atoms with Crippen LogP contribution in [0.3, 0.4) is 0 Å². The molecule has 1 aromatic heterocycles. The molecule has 0 aliphatic heterocycles. The van der Waals surface area contributed by atoms with Crippen LogP contribution in [0.5, 0.6) is 0 Å². The zero-order chi connectivity index (χ0) is 11.4. The predicted molar refractivity (Wildman–Crippen MR) is 60.3 cm³/mol. The SMILES string of the molecule is CCc1ccc(NC(=O)c2cnoc2)cc1. The van der Waals surface area contributed by atoms with Crippen LogP contribution in [0.15, 0.2) is 41.2 Å². The van der Waals surface area contributed by atoms with Crippen LogP contribution in [-0.2, 0) is 6.42 Å². The maximum Gasteiger partial charge on any atom is 0.260 e. The van der Waals surface area contributed by atoms with E-state index in [2.05, 4.69) is 21.9 Å². The highest BCUT2D eigenvalue weighted by molar-refractivity contribution is 6.03. The maximum atomic E-state index is 11.6. The fourth-order valence-electron chi connectivity index (χ4n) is 1.34. The molecule has 0 radical (unpaired) electrons. The van der Waals surface area contributed by atoms with Crippen molar-refractivity contribution in [3.63, 3.8) is 0 Å². The minimum Gasteiger partial charge on any atom is -0.364 e. The molecule has 1 aromatic carbocycles. The van der Waals surface area contributed by atoms with Crippen LogP contribution < -0.4 is 5.32 Å². The highest BCUT2D eigenvalue weighted by Gasteiger charge is 2.07. The zero-order valence-electron chi connectivity index (χ0n) is 8.93. The molecule has 1 heterocycles. The third-order valence-electron chi connectivity index (χ3n) is 2.31. The first kappa shape index (κ1) is 10.4. The summed E-state index contributed by atoms with van der Waals surface area (Å²) in [5, 5.41) is 6.23. The van der Waals surface area contributed by atoms with Crippen molar-refractivity contribution in [3.8, 4) is 0 Å². The summed E-state index contributed by atoms with van der Waals surface area (Å²) in [5.74, 6) is -0.217. The van der Waals surface area contributed by atoms with E-state index in [-0.39, 0.29) is 5.91 Å². The Morgan fingerprint density at radius 1 is 1.38 bits per heavy atom. The number of anilines is 1. The van der Waals surface area contributed by atoms with E-state index in [0.29, 0.717) is 5.56 Å². The van der Waals surface area contributed by atoms with Crippen LogP contribution in [0.2, 0.25) is 0 Å². The normalized spacial score (nSPS) is 10.1. The highest BCUT2D eigenvalue weighted by atomic mass is 16.5. The van der Waals surface area contributed by atoms with E-state index in [1.807, 2.05) is 24.3 Å². The van der Waals surface area contributed by atoms with Crippen molar-refractivity contribution in [3.05, 3.63) is 47.9 Å². The van der Waals surface area contributed by atoms with Crippen LogP contribution in [0.25, 0.3) is 0 Å². The molecule has 82 valence electrons. The summed E-state index contributed by atoms with van der Waals surface area (Å²) in [4.78, 5) is 11.6. The van der Waals surface area contributed by atoms with Gasteiger partial charge in [-0.15, -0.1) is 0 Å². The molecule has 0 spiro atoms. The quantitative estimate of drug-likeness (QED) is 0.857. The van der Waals surface area contributed by atoms with Crippen molar-refractivity contribution >= 4 is 11.6 Å². The molecule has 0 atom stereocenters. The summed E-state index contributed by atoms with van der Waals surface area (Å²) in [5.41, 5.74) is 2.42. The molecule has 0 fully saturated rings. The molecular weight excluding hydrogens is 204 g/mol. The molecular formula is C12H12N2O2. The van der Waals surface area contributed by atoms with Crippen molar-refractivity contribution in [1.82, 2.24) is 5.16 Å². The average molecular weight is 216 g/mol. The molecule has 0 unspecified atom stereocenters. The lowest BCUT2D eigenvalue weighted by atomic mass is 10.1. The minimum atomic E-state index is -0.217. The Hall–Kier alpha value is -2.10. The van der Waals surface area contributed by atoms with E-state index >= 15 is 0 Å². The maximum absolute atomic E-state index is 11.6. The fourth-order valence-corrected chi connectivity index (χ4v) is 1.34. The zero-order valence-corrected chi connectivity index (χ0v) is 8.93. The van der Waals surface area contributed by atoms with Crippen LogP contribution in [0.1, 0.15) is 22.8 Å². The molecule has 2 rings (SSSR count). The van der Waals surface area contributed by atoms with Gasteiger partial charge in [0.25, 0.3) is 5.91 Å². The number of aryl methyl sites for hydroxylation is 1. The number of nitrogens with zero attached hydrogens (tertiary/aromatic N) is 1. The van der Waals surface area contributed by atoms with E-state index < -0.39 is 0 Å². The monoisotopic (exact) mass is 216 g/mol. The molecule has 16 heavy (non-hydrogen) atoms. The van der Waals surface area contributed by atoms with Crippen LogP contribution in [0.4, 0.5) is 5.69 Å². The summed E-state index contributed by atoms with van der Waals surface area (Å²) in [6.45, 7) is 2.09. The standard InChI is InChI=1S/C12H12N2O2/c1-2-9-3-5-11(6-4-9)14-12(15)10-7-13-16-8-10/h3-8H,2H2,1H3,(H,14,15). The van der Waals surface area contributed by atoms with Gasteiger partial charge in [0.15, 0.2) is 0 Å². The van der Waals surface area contributed by atoms with E-state index in [1.54, 1.807) is 0 Å². The Morgan fingerprint density at radius 3 is 2.69 bits per heavy atom. The Morgan fingerprint density at radius 2 is 2.12 bits per heavy atom. The van der Waals surface area contributed by atoms with Crippen LogP contribution in [-0.4, -0.2) is 11.1 Å². The number of carbonyl (C=O) groups excluding carboxylic acids is 1. The van der Waals surface area contributed by atoms with Gasteiger partial charge in [-0.05, 0) is 24.1 Å². The third kappa shape index (κ3) is 2.28. The van der Waals surface area contributed by atoms with Gasteiger partial charge in [-0.2, -0.15) is 0 Å². The van der Waals surface area contributed by atoms with Crippen molar-refractivity contribution in [1.29, 1.82) is 0 Å². The van der Waals surface area contributed by atoms with Crippen molar-refractivity contribution < 1.29 is 9.32 Å². The van der Waals surface area contributed by atoms with Crippen molar-refractivity contribution in [2.75, 3.05) is 5.32 Å². The molecule has 0 saturated heterocycles. The van der Waals surface area contributed by atoms with Crippen molar-refractivity contribution in [2.45, 2.75) is 13.3 Å². The molecule has 4 heteroatoms. The predicted octanol–water partition coefficient (Wildman–Crippen LogP) is 2.49. The molecule has 2 aromatic rings. The van der Waals surface area contributed by atoms with Gasteiger partial charge in [0.1, 0.15) is 6.26 Å². The molecule has 1 N–H and O–H groups in total. The summed E-state index contributed by atoms with van der Waals surface area (Å²) in [6, 6.07) is 7.74. The minimum absolute atomic E-state index is 0.217. The summed E-state index contributed by atoms with van der Waals surface area (Å²) in [7, 11) is 0. The van der Waals surface area contributed by atoms with E-state index in [1.165, 1.54) is 18.0 Å². The largest absolute Gasteiger partial charge is 0.364 e. The number of hydrogen-bond donors (Lipinski definition) is 1. The fraction of sp³-hybridized carbons (Fsp3) is 0.167. The Bertz CT molecular complexity index is 460. The molecule has 4 nitrogen and oxygen atoms in total. The smallest absolute Gasteiger partial charge is 0.260 e. The summed E-state index contributed by atoms with van der Waals surface area (Å²) < 4.78 is 4.60. The van der Waals surface area contributed by atoms with Crippen LogP contribution >= 0.6 is 0 Å². The summed E-state index contributed by atoms with van der Waals surface area (Å²) in [6.07, 6.45) is 3.69. The lowest BCUT2D eigenvalue weighted by molar-refractivity contribution is 0.102.